The molecule has 0 fully saturated rings. The van der Waals surface area contributed by atoms with Gasteiger partial charge in [-0.05, 0) is 96.3 Å². The molecule has 0 rings (SSSR count). The van der Waals surface area contributed by atoms with E-state index in [-0.39, 0.29) is 31.6 Å². The molecule has 1 unspecified atom stereocenters. The van der Waals surface area contributed by atoms with Crippen LogP contribution in [0.5, 0.6) is 0 Å². The fraction of sp³-hybridized carbons (Fsp3) is 0.660. The molecule has 0 N–H and O–H groups in total. The number of esters is 2. The highest BCUT2D eigenvalue weighted by Gasteiger charge is 2.17. The summed E-state index contributed by atoms with van der Waals surface area (Å²) in [5.41, 5.74) is 0. The molecule has 0 aromatic carbocycles. The quantitative estimate of drug-likeness (QED) is 0.0349. The van der Waals surface area contributed by atoms with E-state index in [0.717, 1.165) is 77.0 Å². The van der Waals surface area contributed by atoms with Crippen LogP contribution in [0.25, 0.3) is 0 Å². The number of unbranched alkanes of at least 4 members (excludes halogenated alkanes) is 16. The number of hydrogen-bond acceptors (Lipinski definition) is 5. The molecule has 58 heavy (non-hydrogen) atoms. The maximum absolute atomic E-state index is 12.7. The topological polar surface area (TPSA) is 61.8 Å². The Morgan fingerprint density at radius 2 is 0.845 bits per heavy atom. The van der Waals surface area contributed by atoms with Crippen molar-refractivity contribution in [1.82, 2.24) is 0 Å². The zero-order valence-corrected chi connectivity index (χ0v) is 37.8. The Morgan fingerprint density at radius 1 is 0.414 bits per heavy atom. The van der Waals surface area contributed by atoms with E-state index in [0.29, 0.717) is 13.0 Å². The summed E-state index contributed by atoms with van der Waals surface area (Å²) >= 11 is 0. The molecule has 0 bridgehead atoms. The SMILES string of the molecule is CC/C=C\C/C=C\C/C=C\C/C=C\C/C=C\CC(=O)OCC(COCCCCCCCC/C=C\CCCC)OC(=O)CCCCCCC/C=C\C/C=C\CCCCC. The van der Waals surface area contributed by atoms with Crippen molar-refractivity contribution in [1.29, 1.82) is 0 Å². The summed E-state index contributed by atoms with van der Waals surface area (Å²) in [5.74, 6) is -0.569. The van der Waals surface area contributed by atoms with Gasteiger partial charge >= 0.3 is 11.9 Å². The average Bonchev–Trinajstić information content (AvgIpc) is 3.22. The highest BCUT2D eigenvalue weighted by atomic mass is 16.6. The maximum atomic E-state index is 12.7. The third kappa shape index (κ3) is 45.5. The number of rotatable bonds is 42. The molecule has 0 aliphatic heterocycles. The maximum Gasteiger partial charge on any atom is 0.309 e. The standard InChI is InChI=1S/C53H88O5/c1-4-7-10-13-16-19-22-25-27-29-31-34-37-40-43-46-52(54)57-50-51(49-56-48-45-42-39-36-33-24-21-18-15-12-9-6-3)58-53(55)47-44-41-38-35-32-30-28-26-23-20-17-14-11-8-5-2/h7,10,15-20,25-28,31,34,40,43,51H,4-6,8-9,11-14,21-24,29-30,32-33,35-39,41-42,44-50H2,1-3H3/b10-7-,18-15-,19-16-,20-17-,27-25-,28-26-,34-31-,43-40-. The fourth-order valence-corrected chi connectivity index (χ4v) is 6.06. The van der Waals surface area contributed by atoms with Gasteiger partial charge in [-0.25, -0.2) is 0 Å². The summed E-state index contributed by atoms with van der Waals surface area (Å²) in [5, 5.41) is 0. The molecule has 5 heteroatoms. The number of ether oxygens (including phenoxy) is 3. The first kappa shape index (κ1) is 54.8. The molecule has 0 heterocycles. The van der Waals surface area contributed by atoms with E-state index in [1.54, 1.807) is 0 Å². The summed E-state index contributed by atoms with van der Waals surface area (Å²) in [6, 6.07) is 0. The molecule has 0 saturated heterocycles. The van der Waals surface area contributed by atoms with Crippen molar-refractivity contribution in [3.63, 3.8) is 0 Å². The van der Waals surface area contributed by atoms with Crippen LogP contribution in [-0.2, 0) is 23.8 Å². The van der Waals surface area contributed by atoms with Crippen LogP contribution in [0.4, 0.5) is 0 Å². The van der Waals surface area contributed by atoms with Crippen molar-refractivity contribution in [2.24, 2.45) is 0 Å². The van der Waals surface area contributed by atoms with E-state index in [9.17, 15) is 9.59 Å². The zero-order valence-electron chi connectivity index (χ0n) is 37.8. The number of carbonyl (C=O) groups is 2. The van der Waals surface area contributed by atoms with Crippen LogP contribution in [0.2, 0.25) is 0 Å². The van der Waals surface area contributed by atoms with E-state index in [1.807, 2.05) is 12.2 Å². The molecule has 0 aromatic rings. The van der Waals surface area contributed by atoms with Crippen molar-refractivity contribution < 1.29 is 23.8 Å². The van der Waals surface area contributed by atoms with Gasteiger partial charge in [0.15, 0.2) is 6.10 Å². The van der Waals surface area contributed by atoms with Crippen LogP contribution in [0.3, 0.4) is 0 Å². The van der Waals surface area contributed by atoms with Crippen LogP contribution in [-0.4, -0.2) is 37.9 Å². The largest absolute Gasteiger partial charge is 0.461 e. The lowest BCUT2D eigenvalue weighted by Crippen LogP contribution is -2.30. The smallest absolute Gasteiger partial charge is 0.309 e. The Bertz CT molecular complexity index is 1140. The van der Waals surface area contributed by atoms with Crippen LogP contribution in [0, 0.1) is 0 Å². The molecular weight excluding hydrogens is 717 g/mol. The van der Waals surface area contributed by atoms with E-state index in [4.69, 9.17) is 14.2 Å². The summed E-state index contributed by atoms with van der Waals surface area (Å²) in [4.78, 5) is 25.2. The van der Waals surface area contributed by atoms with Gasteiger partial charge in [-0.3, -0.25) is 9.59 Å². The van der Waals surface area contributed by atoms with Gasteiger partial charge in [-0.2, -0.15) is 0 Å². The Kier molecular flexibility index (Phi) is 45.5. The average molecular weight is 805 g/mol. The second-order valence-electron chi connectivity index (χ2n) is 15.3. The van der Waals surface area contributed by atoms with Gasteiger partial charge in [0.1, 0.15) is 6.61 Å². The summed E-state index contributed by atoms with van der Waals surface area (Å²) in [6.45, 7) is 7.50. The second-order valence-corrected chi connectivity index (χ2v) is 15.3. The van der Waals surface area contributed by atoms with Gasteiger partial charge in [-0.15, -0.1) is 0 Å². The Labute approximate surface area is 358 Å². The normalized spacial score (nSPS) is 13.1. The summed E-state index contributed by atoms with van der Waals surface area (Å²) in [7, 11) is 0. The van der Waals surface area contributed by atoms with Crippen molar-refractivity contribution in [3.8, 4) is 0 Å². The van der Waals surface area contributed by atoms with E-state index in [1.165, 1.54) is 89.9 Å². The molecule has 0 radical (unpaired) electrons. The minimum atomic E-state index is -0.590. The summed E-state index contributed by atoms with van der Waals surface area (Å²) in [6.07, 6.45) is 64.3. The summed E-state index contributed by atoms with van der Waals surface area (Å²) < 4.78 is 17.2. The van der Waals surface area contributed by atoms with Gasteiger partial charge in [0.05, 0.1) is 13.0 Å². The first-order valence-electron chi connectivity index (χ1n) is 23.8. The number of carbonyl (C=O) groups excluding carboxylic acids is 2. The predicted molar refractivity (Wildman–Crippen MR) is 251 cm³/mol. The lowest BCUT2D eigenvalue weighted by Gasteiger charge is -2.18. The fourth-order valence-electron chi connectivity index (χ4n) is 6.06. The Balaban J connectivity index is 4.44. The molecule has 0 aliphatic rings. The van der Waals surface area contributed by atoms with Crippen LogP contribution in [0.1, 0.15) is 201 Å². The van der Waals surface area contributed by atoms with Crippen molar-refractivity contribution >= 4 is 11.9 Å². The van der Waals surface area contributed by atoms with Crippen molar-refractivity contribution in [3.05, 3.63) is 97.2 Å². The first-order valence-corrected chi connectivity index (χ1v) is 23.8. The van der Waals surface area contributed by atoms with Gasteiger partial charge in [0.2, 0.25) is 0 Å². The molecule has 330 valence electrons. The lowest BCUT2D eigenvalue weighted by molar-refractivity contribution is -0.162. The molecule has 0 aromatic heterocycles. The molecule has 0 amide bonds. The minimum Gasteiger partial charge on any atom is -0.461 e. The highest BCUT2D eigenvalue weighted by Crippen LogP contribution is 2.12. The van der Waals surface area contributed by atoms with Crippen molar-refractivity contribution in [2.45, 2.75) is 207 Å². The van der Waals surface area contributed by atoms with Gasteiger partial charge in [0.25, 0.3) is 0 Å². The predicted octanol–water partition coefficient (Wildman–Crippen LogP) is 15.9. The Morgan fingerprint density at radius 3 is 1.40 bits per heavy atom. The minimum absolute atomic E-state index is 0.0182. The zero-order chi connectivity index (χ0) is 42.1. The third-order valence-corrected chi connectivity index (χ3v) is 9.61. The van der Waals surface area contributed by atoms with E-state index in [2.05, 4.69) is 106 Å². The molecule has 0 spiro atoms. The lowest BCUT2D eigenvalue weighted by atomic mass is 10.1. The van der Waals surface area contributed by atoms with Crippen LogP contribution < -0.4 is 0 Å². The molecule has 0 aliphatic carbocycles. The van der Waals surface area contributed by atoms with Gasteiger partial charge in [-0.1, -0.05) is 189 Å². The molecule has 5 nitrogen and oxygen atoms in total. The number of allylic oxidation sites excluding steroid dienone is 15. The molecule has 0 saturated carbocycles. The van der Waals surface area contributed by atoms with Gasteiger partial charge < -0.3 is 14.2 Å². The monoisotopic (exact) mass is 805 g/mol. The van der Waals surface area contributed by atoms with Crippen LogP contribution >= 0.6 is 0 Å². The molecular formula is C53H88O5. The Hall–Kier alpha value is -3.18. The first-order chi connectivity index (χ1) is 28.6. The van der Waals surface area contributed by atoms with Gasteiger partial charge in [0, 0.05) is 13.0 Å². The highest BCUT2D eigenvalue weighted by molar-refractivity contribution is 5.71. The second kappa shape index (κ2) is 48.2. The van der Waals surface area contributed by atoms with Crippen molar-refractivity contribution in [2.75, 3.05) is 19.8 Å². The van der Waals surface area contributed by atoms with E-state index < -0.39 is 6.10 Å². The van der Waals surface area contributed by atoms with E-state index >= 15 is 0 Å². The number of hydrogen-bond donors (Lipinski definition) is 0. The molecule has 1 atom stereocenters. The third-order valence-electron chi connectivity index (χ3n) is 9.61. The van der Waals surface area contributed by atoms with Crippen LogP contribution in [0.15, 0.2) is 97.2 Å².